The average molecular weight is 319 g/mol. The number of hydrogen-bond acceptors (Lipinski definition) is 4. The molecule has 0 unspecified atom stereocenters. The summed E-state index contributed by atoms with van der Waals surface area (Å²) >= 11 is 0. The van der Waals surface area contributed by atoms with E-state index in [0.29, 0.717) is 17.9 Å². The Balaban J connectivity index is 2.47. The Morgan fingerprint density at radius 2 is 1.68 bits per heavy atom. The van der Waals surface area contributed by atoms with Crippen molar-refractivity contribution in [1.82, 2.24) is 0 Å². The molecular formula is C16H21N3O2S. The van der Waals surface area contributed by atoms with Crippen molar-refractivity contribution in [2.75, 3.05) is 35.6 Å². The minimum Gasteiger partial charge on any atom is -0.397 e. The minimum atomic E-state index is -3.63. The van der Waals surface area contributed by atoms with Crippen molar-refractivity contribution in [2.24, 2.45) is 0 Å². The second-order valence-corrected chi connectivity index (χ2v) is 6.98. The maximum Gasteiger partial charge on any atom is 0.264 e. The molecule has 0 aliphatic carbocycles. The van der Waals surface area contributed by atoms with Gasteiger partial charge in [0.05, 0.1) is 22.0 Å². The first-order valence-corrected chi connectivity index (χ1v) is 8.46. The summed E-state index contributed by atoms with van der Waals surface area (Å²) in [6.45, 7) is 2.16. The fraction of sp³-hybridized carbons (Fsp3) is 0.250. The van der Waals surface area contributed by atoms with Crippen LogP contribution in [0.2, 0.25) is 0 Å². The summed E-state index contributed by atoms with van der Waals surface area (Å²) in [6, 6.07) is 13.9. The van der Waals surface area contributed by atoms with Crippen LogP contribution in [-0.2, 0) is 10.0 Å². The molecule has 0 aliphatic heterocycles. The lowest BCUT2D eigenvalue weighted by atomic mass is 10.2. The third-order valence-corrected chi connectivity index (χ3v) is 5.30. The molecule has 0 aliphatic rings. The van der Waals surface area contributed by atoms with Gasteiger partial charge in [0.25, 0.3) is 10.0 Å². The molecule has 2 aromatic rings. The summed E-state index contributed by atoms with van der Waals surface area (Å²) in [5.41, 5.74) is 7.85. The first kappa shape index (κ1) is 16.2. The molecule has 0 bridgehead atoms. The van der Waals surface area contributed by atoms with E-state index in [1.54, 1.807) is 24.3 Å². The highest BCUT2D eigenvalue weighted by Crippen LogP contribution is 2.28. The molecule has 2 rings (SSSR count). The lowest BCUT2D eigenvalue weighted by molar-refractivity contribution is 0.592. The van der Waals surface area contributed by atoms with Crippen LogP contribution in [0.25, 0.3) is 0 Å². The highest BCUT2D eigenvalue weighted by atomic mass is 32.2. The molecule has 0 saturated carbocycles. The normalized spacial score (nSPS) is 11.2. The molecule has 0 amide bonds. The number of nitrogens with zero attached hydrogens (tertiary/aromatic N) is 2. The molecule has 0 atom stereocenters. The molecule has 22 heavy (non-hydrogen) atoms. The molecule has 0 radical (unpaired) electrons. The molecule has 2 aromatic carbocycles. The largest absolute Gasteiger partial charge is 0.397 e. The number of para-hydroxylation sites is 1. The Labute approximate surface area is 132 Å². The molecule has 0 saturated heterocycles. The Hall–Kier alpha value is -2.21. The highest BCUT2D eigenvalue weighted by Gasteiger charge is 2.24. The number of rotatable bonds is 5. The monoisotopic (exact) mass is 319 g/mol. The maximum atomic E-state index is 12.9. The maximum absolute atomic E-state index is 12.9. The molecule has 118 valence electrons. The number of nitrogen functional groups attached to an aromatic ring is 1. The first-order valence-electron chi connectivity index (χ1n) is 7.02. The lowest BCUT2D eigenvalue weighted by Gasteiger charge is -2.24. The molecule has 0 aromatic heterocycles. The van der Waals surface area contributed by atoms with Crippen molar-refractivity contribution in [3.63, 3.8) is 0 Å². The average Bonchev–Trinajstić information content (AvgIpc) is 2.48. The lowest BCUT2D eigenvalue weighted by Crippen LogP contribution is -2.30. The Bertz CT molecular complexity index is 743. The zero-order valence-corrected chi connectivity index (χ0v) is 13.8. The minimum absolute atomic E-state index is 0.196. The van der Waals surface area contributed by atoms with Crippen LogP contribution >= 0.6 is 0 Å². The molecular weight excluding hydrogens is 298 g/mol. The van der Waals surface area contributed by atoms with Gasteiger partial charge >= 0.3 is 0 Å². The van der Waals surface area contributed by atoms with Gasteiger partial charge in [-0.3, -0.25) is 4.31 Å². The predicted molar refractivity (Wildman–Crippen MR) is 91.8 cm³/mol. The van der Waals surface area contributed by atoms with Gasteiger partial charge < -0.3 is 10.6 Å². The number of sulfonamides is 1. The van der Waals surface area contributed by atoms with E-state index in [1.165, 1.54) is 10.4 Å². The van der Waals surface area contributed by atoms with Gasteiger partial charge in [0.1, 0.15) is 0 Å². The Morgan fingerprint density at radius 3 is 2.18 bits per heavy atom. The van der Waals surface area contributed by atoms with Gasteiger partial charge in [-0.1, -0.05) is 18.2 Å². The van der Waals surface area contributed by atoms with E-state index in [2.05, 4.69) is 0 Å². The van der Waals surface area contributed by atoms with Gasteiger partial charge in [-0.05, 0) is 37.3 Å². The van der Waals surface area contributed by atoms with E-state index in [0.717, 1.165) is 5.69 Å². The molecule has 0 spiro atoms. The second kappa shape index (κ2) is 6.27. The molecule has 2 N–H and O–H groups in total. The van der Waals surface area contributed by atoms with Crippen LogP contribution in [0.1, 0.15) is 6.92 Å². The van der Waals surface area contributed by atoms with Crippen LogP contribution in [0.5, 0.6) is 0 Å². The SMILES string of the molecule is CCN(c1ccccc1)S(=O)(=O)c1ccc(N(C)C)c(N)c1. The number of benzene rings is 2. The summed E-state index contributed by atoms with van der Waals surface area (Å²) in [4.78, 5) is 2.04. The quantitative estimate of drug-likeness (QED) is 0.860. The van der Waals surface area contributed by atoms with Gasteiger partial charge in [-0.25, -0.2) is 8.42 Å². The van der Waals surface area contributed by atoms with Crippen molar-refractivity contribution in [2.45, 2.75) is 11.8 Å². The summed E-state index contributed by atoms with van der Waals surface area (Å²) < 4.78 is 27.1. The first-order chi connectivity index (χ1) is 10.4. The third kappa shape index (κ3) is 3.01. The van der Waals surface area contributed by atoms with Gasteiger partial charge in [0.15, 0.2) is 0 Å². The Morgan fingerprint density at radius 1 is 1.05 bits per heavy atom. The van der Waals surface area contributed by atoms with Gasteiger partial charge in [0.2, 0.25) is 0 Å². The zero-order valence-electron chi connectivity index (χ0n) is 13.0. The highest BCUT2D eigenvalue weighted by molar-refractivity contribution is 7.92. The summed E-state index contributed by atoms with van der Waals surface area (Å²) in [5.74, 6) is 0. The van der Waals surface area contributed by atoms with E-state index in [1.807, 2.05) is 44.1 Å². The fourth-order valence-corrected chi connectivity index (χ4v) is 3.82. The van der Waals surface area contributed by atoms with E-state index in [9.17, 15) is 8.42 Å². The van der Waals surface area contributed by atoms with E-state index in [4.69, 9.17) is 5.73 Å². The van der Waals surface area contributed by atoms with Crippen molar-refractivity contribution in [3.8, 4) is 0 Å². The van der Waals surface area contributed by atoms with E-state index >= 15 is 0 Å². The van der Waals surface area contributed by atoms with Crippen molar-refractivity contribution >= 4 is 27.1 Å². The summed E-state index contributed by atoms with van der Waals surface area (Å²) in [5, 5.41) is 0. The van der Waals surface area contributed by atoms with Crippen LogP contribution < -0.4 is 14.9 Å². The molecule has 6 heteroatoms. The van der Waals surface area contributed by atoms with Crippen molar-refractivity contribution in [1.29, 1.82) is 0 Å². The fourth-order valence-electron chi connectivity index (χ4n) is 2.31. The van der Waals surface area contributed by atoms with Gasteiger partial charge in [0, 0.05) is 20.6 Å². The molecule has 0 fully saturated rings. The topological polar surface area (TPSA) is 66.6 Å². The predicted octanol–water partition coefficient (Wildman–Crippen LogP) is 2.55. The Kier molecular flexibility index (Phi) is 4.61. The van der Waals surface area contributed by atoms with Crippen LogP contribution in [0.15, 0.2) is 53.4 Å². The van der Waals surface area contributed by atoms with E-state index < -0.39 is 10.0 Å². The third-order valence-electron chi connectivity index (χ3n) is 3.40. The number of anilines is 3. The standard InChI is InChI=1S/C16H21N3O2S/c1-4-19(13-8-6-5-7-9-13)22(20,21)14-10-11-16(18(2)3)15(17)12-14/h5-12H,4,17H2,1-3H3. The van der Waals surface area contributed by atoms with Crippen LogP contribution in [0.3, 0.4) is 0 Å². The molecule has 5 nitrogen and oxygen atoms in total. The van der Waals surface area contributed by atoms with Gasteiger partial charge in [-0.2, -0.15) is 0 Å². The summed E-state index contributed by atoms with van der Waals surface area (Å²) in [7, 11) is 0.0922. The second-order valence-electron chi connectivity index (χ2n) is 5.12. The van der Waals surface area contributed by atoms with Crippen molar-refractivity contribution in [3.05, 3.63) is 48.5 Å². The van der Waals surface area contributed by atoms with Crippen LogP contribution in [-0.4, -0.2) is 29.1 Å². The zero-order chi connectivity index (χ0) is 16.3. The van der Waals surface area contributed by atoms with Crippen LogP contribution in [0.4, 0.5) is 17.1 Å². The van der Waals surface area contributed by atoms with E-state index in [-0.39, 0.29) is 4.90 Å². The number of hydrogen-bond donors (Lipinski definition) is 1. The number of nitrogens with two attached hydrogens (primary N) is 1. The summed E-state index contributed by atoms with van der Waals surface area (Å²) in [6.07, 6.45) is 0. The van der Waals surface area contributed by atoms with Gasteiger partial charge in [-0.15, -0.1) is 0 Å². The molecule has 0 heterocycles. The van der Waals surface area contributed by atoms with Crippen LogP contribution in [0, 0.1) is 0 Å². The van der Waals surface area contributed by atoms with Crippen molar-refractivity contribution < 1.29 is 8.42 Å². The smallest absolute Gasteiger partial charge is 0.264 e.